The van der Waals surface area contributed by atoms with Crippen LogP contribution in [0.4, 0.5) is 0 Å². The quantitative estimate of drug-likeness (QED) is 0.846. The van der Waals surface area contributed by atoms with E-state index in [1.54, 1.807) is 29.7 Å². The normalized spacial score (nSPS) is 20.2. The third-order valence-corrected chi connectivity index (χ3v) is 6.24. The summed E-state index contributed by atoms with van der Waals surface area (Å²) in [4.78, 5) is 2.68. The largest absolute Gasteiger partial charge is 0.429 e. The fraction of sp³-hybridized carbons (Fsp3) is 0.533. The Labute approximate surface area is 140 Å². The van der Waals surface area contributed by atoms with Crippen LogP contribution in [-0.4, -0.2) is 47.9 Å². The number of β-amino-alcohol motifs (C(OH)–C–C–N with tert-alkyl or cyclic N) is 1. The van der Waals surface area contributed by atoms with E-state index in [-0.39, 0.29) is 16.8 Å². The van der Waals surface area contributed by atoms with Crippen LogP contribution in [0.3, 0.4) is 0 Å². The van der Waals surface area contributed by atoms with Crippen LogP contribution in [-0.2, 0) is 16.5 Å². The average molecular weight is 356 g/mol. The number of aromatic nitrogens is 1. The molecule has 126 valence electrons. The van der Waals surface area contributed by atoms with Crippen LogP contribution in [0.1, 0.15) is 19.8 Å². The first-order chi connectivity index (χ1) is 10.9. The maximum atomic E-state index is 12.1. The van der Waals surface area contributed by atoms with Crippen LogP contribution in [0.5, 0.6) is 0 Å². The first kappa shape index (κ1) is 16.6. The van der Waals surface area contributed by atoms with Gasteiger partial charge in [0.2, 0.25) is 0 Å². The van der Waals surface area contributed by atoms with E-state index in [9.17, 15) is 13.5 Å². The first-order valence-corrected chi connectivity index (χ1v) is 9.73. The highest BCUT2D eigenvalue weighted by molar-refractivity contribution is 7.91. The van der Waals surface area contributed by atoms with Crippen LogP contribution < -0.4 is 0 Å². The lowest BCUT2D eigenvalue weighted by atomic mass is 10.1. The lowest BCUT2D eigenvalue weighted by Crippen LogP contribution is -2.39. The van der Waals surface area contributed by atoms with Gasteiger partial charge in [0.25, 0.3) is 4.84 Å². The molecule has 2 heterocycles. The van der Waals surface area contributed by atoms with Crippen LogP contribution in [0, 0.1) is 4.84 Å². The number of oxazole rings is 1. The minimum Gasteiger partial charge on any atom is -0.429 e. The zero-order valence-corrected chi connectivity index (χ0v) is 14.6. The van der Waals surface area contributed by atoms with Crippen molar-refractivity contribution in [2.75, 3.05) is 18.8 Å². The molecule has 2 aromatic rings. The molecular weight excluding hydrogens is 336 g/mol. The van der Waals surface area contributed by atoms with E-state index in [4.69, 9.17) is 16.6 Å². The molecule has 1 aromatic carbocycles. The summed E-state index contributed by atoms with van der Waals surface area (Å²) in [6, 6.07) is 4.82. The lowest BCUT2D eigenvalue weighted by molar-refractivity contribution is 0.0542. The molecule has 0 radical (unpaired) electrons. The van der Waals surface area contributed by atoms with Crippen molar-refractivity contribution >= 4 is 33.2 Å². The highest BCUT2D eigenvalue weighted by Gasteiger charge is 2.20. The first-order valence-electron chi connectivity index (χ1n) is 7.67. The molecule has 0 spiro atoms. The third kappa shape index (κ3) is 3.35. The molecule has 6 nitrogen and oxygen atoms in total. The Morgan fingerprint density at radius 2 is 2.22 bits per heavy atom. The van der Waals surface area contributed by atoms with E-state index in [1.807, 2.05) is 0 Å². The number of piperidine rings is 1. The van der Waals surface area contributed by atoms with Gasteiger partial charge in [-0.2, -0.15) is 0 Å². The van der Waals surface area contributed by atoms with Crippen LogP contribution in [0.2, 0.25) is 0 Å². The SMILES string of the molecule is CCS(=O)(=O)c1ccc2oc(=S)n(CN3CCC[C@@H](O)C3)c2c1. The number of sulfone groups is 1. The molecule has 23 heavy (non-hydrogen) atoms. The van der Waals surface area contributed by atoms with Gasteiger partial charge in [-0.15, -0.1) is 0 Å². The van der Waals surface area contributed by atoms with Gasteiger partial charge in [-0.1, -0.05) is 6.92 Å². The molecule has 1 aliphatic rings. The Kier molecular flexibility index (Phi) is 4.59. The van der Waals surface area contributed by atoms with Gasteiger partial charge >= 0.3 is 0 Å². The van der Waals surface area contributed by atoms with Crippen molar-refractivity contribution in [1.82, 2.24) is 9.47 Å². The number of rotatable bonds is 4. The smallest absolute Gasteiger partial charge is 0.270 e. The van der Waals surface area contributed by atoms with Crippen molar-refractivity contribution in [3.63, 3.8) is 0 Å². The molecule has 1 atom stereocenters. The molecule has 1 fully saturated rings. The van der Waals surface area contributed by atoms with Gasteiger partial charge in [-0.25, -0.2) is 8.42 Å². The minimum absolute atomic E-state index is 0.0510. The molecule has 8 heteroatoms. The molecule has 1 aromatic heterocycles. The second-order valence-electron chi connectivity index (χ2n) is 5.84. The second kappa shape index (κ2) is 6.35. The predicted octanol–water partition coefficient (Wildman–Crippen LogP) is 2.17. The monoisotopic (exact) mass is 356 g/mol. The maximum Gasteiger partial charge on any atom is 0.270 e. The molecule has 1 aliphatic heterocycles. The maximum absolute atomic E-state index is 12.1. The summed E-state index contributed by atoms with van der Waals surface area (Å²) in [5.41, 5.74) is 1.24. The number of nitrogens with zero attached hydrogens (tertiary/aromatic N) is 2. The summed E-state index contributed by atoms with van der Waals surface area (Å²) in [6.45, 7) is 3.56. The zero-order valence-electron chi connectivity index (χ0n) is 12.9. The van der Waals surface area contributed by atoms with E-state index < -0.39 is 9.84 Å². The van der Waals surface area contributed by atoms with Crippen LogP contribution >= 0.6 is 12.2 Å². The number of likely N-dealkylation sites (tertiary alicyclic amines) is 1. The van der Waals surface area contributed by atoms with Gasteiger partial charge in [-0.05, 0) is 43.3 Å². The number of benzene rings is 1. The van der Waals surface area contributed by atoms with Crippen LogP contribution in [0.15, 0.2) is 27.5 Å². The summed E-state index contributed by atoms with van der Waals surface area (Å²) in [5, 5.41) is 9.79. The summed E-state index contributed by atoms with van der Waals surface area (Å²) >= 11 is 5.27. The summed E-state index contributed by atoms with van der Waals surface area (Å²) in [5.74, 6) is 0.0510. The Bertz CT molecular complexity index is 869. The van der Waals surface area contributed by atoms with Crippen molar-refractivity contribution in [1.29, 1.82) is 0 Å². The number of aliphatic hydroxyl groups is 1. The Balaban J connectivity index is 2.00. The van der Waals surface area contributed by atoms with Crippen LogP contribution in [0.25, 0.3) is 11.1 Å². The Morgan fingerprint density at radius 3 is 2.91 bits per heavy atom. The molecule has 1 saturated heterocycles. The average Bonchev–Trinajstić information content (AvgIpc) is 2.83. The molecule has 0 saturated carbocycles. The Morgan fingerprint density at radius 1 is 1.43 bits per heavy atom. The predicted molar refractivity (Wildman–Crippen MR) is 89.6 cm³/mol. The van der Waals surface area contributed by atoms with E-state index in [0.717, 1.165) is 19.4 Å². The van der Waals surface area contributed by atoms with Crippen molar-refractivity contribution < 1.29 is 17.9 Å². The molecule has 0 unspecified atom stereocenters. The van der Waals surface area contributed by atoms with Gasteiger partial charge < -0.3 is 9.52 Å². The molecule has 0 amide bonds. The van der Waals surface area contributed by atoms with E-state index in [1.165, 1.54) is 0 Å². The Hall–Kier alpha value is -1.22. The van der Waals surface area contributed by atoms with Gasteiger partial charge in [0, 0.05) is 13.1 Å². The third-order valence-electron chi connectivity index (χ3n) is 4.20. The molecule has 0 aliphatic carbocycles. The number of hydrogen-bond donors (Lipinski definition) is 1. The van der Waals surface area contributed by atoms with Crippen molar-refractivity contribution in [2.24, 2.45) is 0 Å². The van der Waals surface area contributed by atoms with E-state index in [2.05, 4.69) is 4.90 Å². The van der Waals surface area contributed by atoms with E-state index >= 15 is 0 Å². The highest BCUT2D eigenvalue weighted by atomic mass is 32.2. The number of aliphatic hydroxyl groups excluding tert-OH is 1. The molecular formula is C15H20N2O4S2. The minimum atomic E-state index is -3.28. The summed E-state index contributed by atoms with van der Waals surface area (Å²) < 4.78 is 31.5. The van der Waals surface area contributed by atoms with Gasteiger partial charge in [0.05, 0.1) is 28.9 Å². The molecule has 0 bridgehead atoms. The van der Waals surface area contributed by atoms with Gasteiger partial charge in [0.1, 0.15) is 0 Å². The molecule has 3 rings (SSSR count). The van der Waals surface area contributed by atoms with Gasteiger partial charge in [-0.3, -0.25) is 9.47 Å². The summed E-state index contributed by atoms with van der Waals surface area (Å²) in [7, 11) is -3.28. The standard InChI is InChI=1S/C15H20N2O4S2/c1-2-23(19,20)12-5-6-14-13(8-12)17(15(22)21-14)10-16-7-3-4-11(18)9-16/h5-6,8,11,18H,2-4,7,9-10H2,1H3/t11-/m1/s1. The second-order valence-corrected chi connectivity index (χ2v) is 8.47. The van der Waals surface area contributed by atoms with Crippen molar-refractivity contribution in [3.05, 3.63) is 23.0 Å². The molecule has 1 N–H and O–H groups in total. The topological polar surface area (TPSA) is 75.7 Å². The fourth-order valence-corrected chi connectivity index (χ4v) is 4.04. The zero-order chi connectivity index (χ0) is 16.6. The van der Waals surface area contributed by atoms with Crippen molar-refractivity contribution in [3.8, 4) is 0 Å². The number of fused-ring (bicyclic) bond motifs is 1. The summed E-state index contributed by atoms with van der Waals surface area (Å²) in [6.07, 6.45) is 1.42. The van der Waals surface area contributed by atoms with Crippen molar-refractivity contribution in [2.45, 2.75) is 37.4 Å². The number of hydrogen-bond acceptors (Lipinski definition) is 6. The van der Waals surface area contributed by atoms with E-state index in [0.29, 0.717) is 29.2 Å². The highest BCUT2D eigenvalue weighted by Crippen LogP contribution is 2.23. The lowest BCUT2D eigenvalue weighted by Gasteiger charge is -2.30. The fourth-order valence-electron chi connectivity index (χ4n) is 2.90. The van der Waals surface area contributed by atoms with Gasteiger partial charge in [0.15, 0.2) is 15.4 Å².